The van der Waals surface area contributed by atoms with Crippen LogP contribution in [0.25, 0.3) is 11.4 Å². The number of amides is 1. The van der Waals surface area contributed by atoms with Gasteiger partial charge in [-0.15, -0.1) is 10.2 Å². The van der Waals surface area contributed by atoms with Crippen LogP contribution in [0.4, 0.5) is 4.39 Å². The fraction of sp³-hybridized carbons (Fsp3) is 0.286. The highest BCUT2D eigenvalue weighted by Gasteiger charge is 2.33. The lowest BCUT2D eigenvalue weighted by atomic mass is 10.0. The highest BCUT2D eigenvalue weighted by molar-refractivity contribution is 7.99. The van der Waals surface area contributed by atoms with Gasteiger partial charge in [0.2, 0.25) is 5.91 Å². The number of carbonyl (C=O) groups is 1. The molecule has 1 unspecified atom stereocenters. The molecule has 144 valence electrons. The van der Waals surface area contributed by atoms with Crippen molar-refractivity contribution in [3.8, 4) is 11.4 Å². The van der Waals surface area contributed by atoms with Gasteiger partial charge in [-0.05, 0) is 48.6 Å². The molecule has 1 aromatic heterocycles. The van der Waals surface area contributed by atoms with E-state index in [-0.39, 0.29) is 23.5 Å². The molecule has 1 saturated carbocycles. The van der Waals surface area contributed by atoms with Gasteiger partial charge in [0.05, 0.1) is 11.8 Å². The number of nitrogens with zero attached hydrogens (tertiary/aromatic N) is 3. The first-order valence-electron chi connectivity index (χ1n) is 9.24. The van der Waals surface area contributed by atoms with E-state index in [1.54, 1.807) is 12.1 Å². The van der Waals surface area contributed by atoms with Gasteiger partial charge in [0, 0.05) is 12.6 Å². The number of halogens is 1. The van der Waals surface area contributed by atoms with Crippen LogP contribution in [0.3, 0.4) is 0 Å². The average Bonchev–Trinajstić information content (AvgIpc) is 3.49. The summed E-state index contributed by atoms with van der Waals surface area (Å²) in [6.45, 7) is 0. The molecule has 5 nitrogen and oxygen atoms in total. The van der Waals surface area contributed by atoms with E-state index < -0.39 is 0 Å². The molecule has 3 aromatic rings. The van der Waals surface area contributed by atoms with Crippen LogP contribution in [-0.2, 0) is 11.8 Å². The predicted octanol–water partition coefficient (Wildman–Crippen LogP) is 3.98. The number of hydrogen-bond acceptors (Lipinski definition) is 4. The summed E-state index contributed by atoms with van der Waals surface area (Å²) < 4.78 is 14.9. The molecule has 7 heteroatoms. The van der Waals surface area contributed by atoms with Gasteiger partial charge in [-0.1, -0.05) is 42.1 Å². The molecular formula is C21H21FN4OS. The number of thioether (sulfide) groups is 1. The minimum Gasteiger partial charge on any atom is -0.348 e. The van der Waals surface area contributed by atoms with Crippen molar-refractivity contribution in [1.82, 2.24) is 20.1 Å². The van der Waals surface area contributed by atoms with Crippen LogP contribution in [-0.4, -0.2) is 26.4 Å². The molecule has 1 heterocycles. The van der Waals surface area contributed by atoms with E-state index in [4.69, 9.17) is 0 Å². The lowest BCUT2D eigenvalue weighted by Crippen LogP contribution is -2.31. The molecule has 1 N–H and O–H groups in total. The molecule has 1 aliphatic carbocycles. The Morgan fingerprint density at radius 1 is 1.18 bits per heavy atom. The van der Waals surface area contributed by atoms with Crippen molar-refractivity contribution in [1.29, 1.82) is 0 Å². The highest BCUT2D eigenvalue weighted by atomic mass is 32.2. The Labute approximate surface area is 167 Å². The number of aromatic nitrogens is 3. The molecule has 4 rings (SSSR count). The van der Waals surface area contributed by atoms with Gasteiger partial charge in [-0.25, -0.2) is 4.39 Å². The first-order valence-corrected chi connectivity index (χ1v) is 10.2. The molecule has 28 heavy (non-hydrogen) atoms. The van der Waals surface area contributed by atoms with Crippen LogP contribution in [0.5, 0.6) is 0 Å². The van der Waals surface area contributed by atoms with Crippen LogP contribution < -0.4 is 5.32 Å². The average molecular weight is 396 g/mol. The molecule has 1 aliphatic rings. The summed E-state index contributed by atoms with van der Waals surface area (Å²) in [6, 6.07) is 16.3. The summed E-state index contributed by atoms with van der Waals surface area (Å²) in [6.07, 6.45) is 2.30. The minimum absolute atomic E-state index is 0.0166. The Kier molecular flexibility index (Phi) is 5.43. The molecule has 0 aliphatic heterocycles. The highest BCUT2D eigenvalue weighted by Crippen LogP contribution is 2.41. The van der Waals surface area contributed by atoms with E-state index in [2.05, 4.69) is 27.6 Å². The summed E-state index contributed by atoms with van der Waals surface area (Å²) in [5.74, 6) is 1.13. The molecule has 0 bridgehead atoms. The van der Waals surface area contributed by atoms with Gasteiger partial charge in [-0.2, -0.15) is 0 Å². The monoisotopic (exact) mass is 396 g/mol. The van der Waals surface area contributed by atoms with Crippen LogP contribution in [0.15, 0.2) is 59.8 Å². The fourth-order valence-corrected chi connectivity index (χ4v) is 3.92. The van der Waals surface area contributed by atoms with E-state index >= 15 is 0 Å². The topological polar surface area (TPSA) is 59.8 Å². The van der Waals surface area contributed by atoms with Crippen molar-refractivity contribution in [2.24, 2.45) is 13.0 Å². The third kappa shape index (κ3) is 4.25. The molecule has 2 aromatic carbocycles. The maximum absolute atomic E-state index is 13.1. The number of rotatable bonds is 7. The predicted molar refractivity (Wildman–Crippen MR) is 107 cm³/mol. The zero-order valence-corrected chi connectivity index (χ0v) is 16.3. The summed E-state index contributed by atoms with van der Waals surface area (Å²) in [5.41, 5.74) is 1.94. The summed E-state index contributed by atoms with van der Waals surface area (Å²) in [4.78, 5) is 12.5. The lowest BCUT2D eigenvalue weighted by Gasteiger charge is -2.18. The first-order chi connectivity index (χ1) is 13.6. The number of hydrogen-bond donors (Lipinski definition) is 1. The summed E-state index contributed by atoms with van der Waals surface area (Å²) in [7, 11) is 1.84. The normalized spacial score (nSPS) is 14.6. The molecule has 1 fully saturated rings. The zero-order chi connectivity index (χ0) is 19.5. The molecule has 1 atom stereocenters. The van der Waals surface area contributed by atoms with Crippen LogP contribution in [0, 0.1) is 11.7 Å². The van der Waals surface area contributed by atoms with E-state index in [1.807, 2.05) is 29.8 Å². The molecule has 0 radical (unpaired) electrons. The van der Waals surface area contributed by atoms with Gasteiger partial charge < -0.3 is 9.88 Å². The second-order valence-corrected chi connectivity index (χ2v) is 7.90. The maximum Gasteiger partial charge on any atom is 0.230 e. The Morgan fingerprint density at radius 2 is 1.89 bits per heavy atom. The van der Waals surface area contributed by atoms with Crippen LogP contribution >= 0.6 is 11.8 Å². The quantitative estimate of drug-likeness (QED) is 0.614. The van der Waals surface area contributed by atoms with Crippen LogP contribution in [0.2, 0.25) is 0 Å². The molecule has 1 amide bonds. The maximum atomic E-state index is 13.1. The molecule has 0 spiro atoms. The Morgan fingerprint density at radius 3 is 2.57 bits per heavy atom. The van der Waals surface area contributed by atoms with E-state index in [0.717, 1.165) is 24.0 Å². The largest absolute Gasteiger partial charge is 0.348 e. The zero-order valence-electron chi connectivity index (χ0n) is 15.5. The Bertz CT molecular complexity index is 954. The first kappa shape index (κ1) is 18.7. The number of benzene rings is 2. The Balaban J connectivity index is 1.39. The van der Waals surface area contributed by atoms with Gasteiger partial charge in [0.25, 0.3) is 0 Å². The van der Waals surface area contributed by atoms with Crippen LogP contribution in [0.1, 0.15) is 24.4 Å². The van der Waals surface area contributed by atoms with Crippen molar-refractivity contribution < 1.29 is 9.18 Å². The summed E-state index contributed by atoms with van der Waals surface area (Å²) >= 11 is 1.35. The smallest absolute Gasteiger partial charge is 0.230 e. The molecule has 0 saturated heterocycles. The lowest BCUT2D eigenvalue weighted by molar-refractivity contribution is -0.119. The molecular weight excluding hydrogens is 375 g/mol. The van der Waals surface area contributed by atoms with Crippen molar-refractivity contribution in [3.05, 3.63) is 66.0 Å². The summed E-state index contributed by atoms with van der Waals surface area (Å²) in [5, 5.41) is 12.2. The van der Waals surface area contributed by atoms with Crippen molar-refractivity contribution in [3.63, 3.8) is 0 Å². The van der Waals surface area contributed by atoms with E-state index in [1.165, 1.54) is 23.9 Å². The number of nitrogens with one attached hydrogen (secondary N) is 1. The number of carbonyl (C=O) groups excluding carboxylic acids is 1. The fourth-order valence-electron chi connectivity index (χ4n) is 3.20. The van der Waals surface area contributed by atoms with Gasteiger partial charge in [0.15, 0.2) is 11.0 Å². The van der Waals surface area contributed by atoms with Gasteiger partial charge in [0.1, 0.15) is 5.82 Å². The SMILES string of the molecule is Cn1c(SCC(=O)NC(c2ccccc2)C2CC2)nnc1-c1ccc(F)cc1. The third-order valence-electron chi connectivity index (χ3n) is 4.84. The second kappa shape index (κ2) is 8.14. The van der Waals surface area contributed by atoms with E-state index in [0.29, 0.717) is 16.9 Å². The van der Waals surface area contributed by atoms with Crippen molar-refractivity contribution in [2.45, 2.75) is 24.0 Å². The van der Waals surface area contributed by atoms with Crippen molar-refractivity contribution >= 4 is 17.7 Å². The van der Waals surface area contributed by atoms with E-state index in [9.17, 15) is 9.18 Å². The van der Waals surface area contributed by atoms with Gasteiger partial charge >= 0.3 is 0 Å². The third-order valence-corrected chi connectivity index (χ3v) is 5.86. The van der Waals surface area contributed by atoms with Crippen molar-refractivity contribution in [2.75, 3.05) is 5.75 Å². The minimum atomic E-state index is -0.291. The second-order valence-electron chi connectivity index (χ2n) is 6.95. The standard InChI is InChI=1S/C21H21FN4OS/c1-26-20(16-9-11-17(22)12-10-16)24-25-21(26)28-13-18(27)23-19(15-7-8-15)14-5-3-2-4-6-14/h2-6,9-12,15,19H,7-8,13H2,1H3,(H,23,27). The Hall–Kier alpha value is -2.67. The van der Waals surface area contributed by atoms with Gasteiger partial charge in [-0.3, -0.25) is 4.79 Å².